The lowest BCUT2D eigenvalue weighted by atomic mass is 10.0. The molecule has 1 N–H and O–H groups in total. The third-order valence-corrected chi connectivity index (χ3v) is 5.41. The fourth-order valence-electron chi connectivity index (χ4n) is 4.04. The molecule has 3 aromatic carbocycles. The first-order valence-corrected chi connectivity index (χ1v) is 9.75. The largest absolute Gasteiger partial charge is 0.493 e. The maximum Gasteiger partial charge on any atom is 0.141 e. The van der Waals surface area contributed by atoms with E-state index >= 15 is 0 Å². The number of rotatable bonds is 5. The van der Waals surface area contributed by atoms with Crippen molar-refractivity contribution in [2.24, 2.45) is 0 Å². The molecule has 27 heavy (non-hydrogen) atoms. The Hall–Kier alpha value is -2.94. The first-order chi connectivity index (χ1) is 13.3. The summed E-state index contributed by atoms with van der Waals surface area (Å²) in [5.41, 5.74) is 5.23. The number of aromatic nitrogens is 1. The van der Waals surface area contributed by atoms with Crippen molar-refractivity contribution in [3.8, 4) is 5.75 Å². The second-order valence-corrected chi connectivity index (χ2v) is 7.30. The van der Waals surface area contributed by atoms with E-state index in [-0.39, 0.29) is 0 Å². The number of nitrogens with one attached hydrogen (secondary N) is 1. The van der Waals surface area contributed by atoms with Crippen molar-refractivity contribution in [2.45, 2.75) is 33.1 Å². The Morgan fingerprint density at radius 2 is 1.81 bits per heavy atom. The molecule has 0 fully saturated rings. The standard InChI is InChI=1S/C24H23NO2/c1-3-4-7-12-26-16-13-19-23-21(14-16)27-20-9-6-5-8-17(20)18-11-10-15(2)24(25-19)22(18)23/h5-6,8-11,13-14,25H,3-4,7,12H2,1-2H3. The van der Waals surface area contributed by atoms with Crippen LogP contribution in [0.1, 0.15) is 31.7 Å². The van der Waals surface area contributed by atoms with E-state index < -0.39 is 0 Å². The van der Waals surface area contributed by atoms with E-state index in [0.29, 0.717) is 0 Å². The van der Waals surface area contributed by atoms with Crippen molar-refractivity contribution >= 4 is 43.7 Å². The van der Waals surface area contributed by atoms with Gasteiger partial charge in [-0.25, -0.2) is 0 Å². The Balaban J connectivity index is 1.84. The summed E-state index contributed by atoms with van der Waals surface area (Å²) in [6.07, 6.45) is 3.45. The summed E-state index contributed by atoms with van der Waals surface area (Å²) in [6, 6.07) is 16.8. The minimum absolute atomic E-state index is 0.736. The van der Waals surface area contributed by atoms with Gasteiger partial charge in [0.1, 0.15) is 16.9 Å². The zero-order valence-electron chi connectivity index (χ0n) is 15.8. The van der Waals surface area contributed by atoms with Gasteiger partial charge in [0.2, 0.25) is 0 Å². The number of hydrogen-bond acceptors (Lipinski definition) is 2. The van der Waals surface area contributed by atoms with Gasteiger partial charge in [-0.1, -0.05) is 50.1 Å². The van der Waals surface area contributed by atoms with Crippen molar-refractivity contribution in [1.29, 1.82) is 0 Å². The molecule has 0 unspecified atom stereocenters. The smallest absolute Gasteiger partial charge is 0.141 e. The molecule has 136 valence electrons. The first kappa shape index (κ1) is 16.2. The molecular formula is C24H23NO2. The SMILES string of the molecule is CCCCCOc1cc2[nH]c3c(C)ccc4c5ccccc5oc(c1)c2c34. The topological polar surface area (TPSA) is 38.2 Å². The number of aromatic amines is 1. The minimum atomic E-state index is 0.736. The Bertz CT molecular complexity index is 1280. The summed E-state index contributed by atoms with van der Waals surface area (Å²) in [4.78, 5) is 3.61. The van der Waals surface area contributed by atoms with Crippen molar-refractivity contribution in [1.82, 2.24) is 4.98 Å². The molecule has 3 nitrogen and oxygen atoms in total. The lowest BCUT2D eigenvalue weighted by Gasteiger charge is -2.06. The van der Waals surface area contributed by atoms with Gasteiger partial charge in [-0.15, -0.1) is 0 Å². The van der Waals surface area contributed by atoms with E-state index in [1.807, 2.05) is 18.2 Å². The Labute approximate surface area is 157 Å². The van der Waals surface area contributed by atoms with E-state index in [1.54, 1.807) is 0 Å². The van der Waals surface area contributed by atoms with Crippen LogP contribution in [0.25, 0.3) is 43.7 Å². The molecule has 0 amide bonds. The highest BCUT2D eigenvalue weighted by atomic mass is 16.5. The van der Waals surface area contributed by atoms with Gasteiger partial charge in [-0.3, -0.25) is 0 Å². The molecule has 0 saturated carbocycles. The average Bonchev–Trinajstić information content (AvgIpc) is 3.00. The van der Waals surface area contributed by atoms with Gasteiger partial charge in [-0.05, 0) is 30.4 Å². The number of ether oxygens (including phenoxy) is 1. The molecule has 0 bridgehead atoms. The maximum atomic E-state index is 6.39. The first-order valence-electron chi connectivity index (χ1n) is 9.75. The molecule has 0 spiro atoms. The molecule has 0 aliphatic rings. The molecule has 5 rings (SSSR count). The minimum Gasteiger partial charge on any atom is -0.493 e. The lowest BCUT2D eigenvalue weighted by Crippen LogP contribution is -1.96. The zero-order valence-corrected chi connectivity index (χ0v) is 15.8. The molecule has 0 atom stereocenters. The van der Waals surface area contributed by atoms with Crippen molar-refractivity contribution in [3.05, 3.63) is 54.1 Å². The molecule has 2 aromatic heterocycles. The fourth-order valence-corrected chi connectivity index (χ4v) is 4.04. The van der Waals surface area contributed by atoms with Crippen LogP contribution in [0.5, 0.6) is 5.75 Å². The molecule has 0 aliphatic carbocycles. The van der Waals surface area contributed by atoms with Crippen LogP contribution < -0.4 is 4.74 Å². The Kier molecular flexibility index (Phi) is 3.82. The highest BCUT2D eigenvalue weighted by Gasteiger charge is 2.16. The number of H-pyrrole nitrogens is 1. The molecule has 0 radical (unpaired) electrons. The lowest BCUT2D eigenvalue weighted by molar-refractivity contribution is 0.306. The third kappa shape index (κ3) is 2.57. The number of hydrogen-bond donors (Lipinski definition) is 1. The highest BCUT2D eigenvalue weighted by molar-refractivity contribution is 6.26. The molecule has 2 heterocycles. The summed E-state index contributed by atoms with van der Waals surface area (Å²) in [5, 5.41) is 4.72. The van der Waals surface area contributed by atoms with Gasteiger partial charge >= 0.3 is 0 Å². The summed E-state index contributed by atoms with van der Waals surface area (Å²) < 4.78 is 12.4. The summed E-state index contributed by atoms with van der Waals surface area (Å²) >= 11 is 0. The van der Waals surface area contributed by atoms with E-state index in [2.05, 4.69) is 49.2 Å². The molecule has 0 aliphatic heterocycles. The molecule has 0 saturated heterocycles. The number of aryl methyl sites for hydroxylation is 1. The maximum absolute atomic E-state index is 6.39. The fraction of sp³-hybridized carbons (Fsp3) is 0.250. The number of fused-ring (bicyclic) bond motifs is 2. The predicted octanol–water partition coefficient (Wildman–Crippen LogP) is 7.10. The van der Waals surface area contributed by atoms with Gasteiger partial charge in [0.25, 0.3) is 0 Å². The van der Waals surface area contributed by atoms with Crippen molar-refractivity contribution in [3.63, 3.8) is 0 Å². The van der Waals surface area contributed by atoms with Crippen LogP contribution in [-0.2, 0) is 0 Å². The van der Waals surface area contributed by atoms with E-state index in [4.69, 9.17) is 9.15 Å². The van der Waals surface area contributed by atoms with Gasteiger partial charge in [0.15, 0.2) is 0 Å². The van der Waals surface area contributed by atoms with Crippen LogP contribution in [0.4, 0.5) is 0 Å². The number of para-hydroxylation sites is 1. The third-order valence-electron chi connectivity index (χ3n) is 5.41. The van der Waals surface area contributed by atoms with Crippen LogP contribution in [0.3, 0.4) is 0 Å². The average molecular weight is 357 g/mol. The van der Waals surface area contributed by atoms with E-state index in [0.717, 1.165) is 46.2 Å². The Morgan fingerprint density at radius 3 is 2.70 bits per heavy atom. The summed E-state index contributed by atoms with van der Waals surface area (Å²) in [7, 11) is 0. The zero-order chi connectivity index (χ0) is 18.4. The molecular weight excluding hydrogens is 334 g/mol. The summed E-state index contributed by atoms with van der Waals surface area (Å²) in [5.74, 6) is 0.860. The Morgan fingerprint density at radius 1 is 0.926 bits per heavy atom. The number of benzene rings is 3. The predicted molar refractivity (Wildman–Crippen MR) is 113 cm³/mol. The second kappa shape index (κ2) is 6.34. The van der Waals surface area contributed by atoms with Crippen molar-refractivity contribution in [2.75, 3.05) is 6.61 Å². The van der Waals surface area contributed by atoms with E-state index in [9.17, 15) is 0 Å². The molecule has 3 heteroatoms. The van der Waals surface area contributed by atoms with Crippen LogP contribution in [0.2, 0.25) is 0 Å². The van der Waals surface area contributed by atoms with Crippen molar-refractivity contribution < 1.29 is 9.15 Å². The number of unbranched alkanes of at least 4 members (excludes halogenated alkanes) is 2. The van der Waals surface area contributed by atoms with Gasteiger partial charge in [0.05, 0.1) is 23.0 Å². The highest BCUT2D eigenvalue weighted by Crippen LogP contribution is 2.40. The van der Waals surface area contributed by atoms with Gasteiger partial charge in [0, 0.05) is 22.9 Å². The monoisotopic (exact) mass is 357 g/mol. The molecule has 5 aromatic rings. The van der Waals surface area contributed by atoms with Gasteiger partial charge in [-0.2, -0.15) is 0 Å². The van der Waals surface area contributed by atoms with Crippen LogP contribution in [0, 0.1) is 6.92 Å². The summed E-state index contributed by atoms with van der Waals surface area (Å²) in [6.45, 7) is 5.09. The van der Waals surface area contributed by atoms with Crippen LogP contribution in [-0.4, -0.2) is 11.6 Å². The van der Waals surface area contributed by atoms with E-state index in [1.165, 1.54) is 34.7 Å². The van der Waals surface area contributed by atoms with Crippen LogP contribution >= 0.6 is 0 Å². The van der Waals surface area contributed by atoms with Gasteiger partial charge < -0.3 is 14.1 Å². The second-order valence-electron chi connectivity index (χ2n) is 7.30. The quantitative estimate of drug-likeness (QED) is 0.341. The normalized spacial score (nSPS) is 11.9. The van der Waals surface area contributed by atoms with Crippen LogP contribution in [0.15, 0.2) is 52.9 Å².